The van der Waals surface area contributed by atoms with E-state index in [0.717, 1.165) is 17.7 Å². The monoisotopic (exact) mass is 275 g/mol. The summed E-state index contributed by atoms with van der Waals surface area (Å²) < 4.78 is 18.6. The zero-order chi connectivity index (χ0) is 14.4. The third-order valence-electron chi connectivity index (χ3n) is 2.62. The van der Waals surface area contributed by atoms with Gasteiger partial charge in [0.05, 0.1) is 6.61 Å². The normalized spacial score (nSPS) is 10.3. The molecule has 0 aliphatic heterocycles. The molecule has 0 radical (unpaired) electrons. The molecule has 0 fully saturated rings. The largest absolute Gasteiger partial charge is 0.478 e. The van der Waals surface area contributed by atoms with Gasteiger partial charge in [-0.25, -0.2) is 9.37 Å². The van der Waals surface area contributed by atoms with Crippen molar-refractivity contribution in [3.8, 4) is 5.88 Å². The third kappa shape index (κ3) is 4.19. The summed E-state index contributed by atoms with van der Waals surface area (Å²) in [5.74, 6) is 0.794. The minimum atomic E-state index is -0.249. The first-order valence-corrected chi connectivity index (χ1v) is 6.64. The van der Waals surface area contributed by atoms with Crippen LogP contribution in [0.1, 0.15) is 24.6 Å². The second kappa shape index (κ2) is 6.84. The highest BCUT2D eigenvalue weighted by atomic mass is 19.1. The predicted molar refractivity (Wildman–Crippen MR) is 76.3 cm³/mol. The van der Waals surface area contributed by atoms with Crippen LogP contribution in [0.25, 0.3) is 0 Å². The van der Waals surface area contributed by atoms with Crippen molar-refractivity contribution >= 4 is 5.95 Å². The molecule has 0 aliphatic rings. The van der Waals surface area contributed by atoms with Crippen LogP contribution in [0.2, 0.25) is 0 Å². The standard InChI is InChI=1S/C15H18FN3O/c1-3-7-20-14-8-11(2)18-15(19-14)17-10-12-5-4-6-13(16)9-12/h4-6,8-9H,3,7,10H2,1-2H3,(H,17,18,19). The molecule has 1 aromatic heterocycles. The highest BCUT2D eigenvalue weighted by Crippen LogP contribution is 2.13. The van der Waals surface area contributed by atoms with E-state index in [1.54, 1.807) is 12.1 Å². The average Bonchev–Trinajstić information content (AvgIpc) is 2.42. The summed E-state index contributed by atoms with van der Waals surface area (Å²) in [6.07, 6.45) is 0.926. The van der Waals surface area contributed by atoms with E-state index in [1.165, 1.54) is 12.1 Å². The molecular formula is C15H18FN3O. The number of nitrogens with one attached hydrogen (secondary N) is 1. The lowest BCUT2D eigenvalue weighted by atomic mass is 10.2. The van der Waals surface area contributed by atoms with Gasteiger partial charge in [0, 0.05) is 18.3 Å². The molecule has 1 heterocycles. The summed E-state index contributed by atoms with van der Waals surface area (Å²) in [7, 11) is 0. The van der Waals surface area contributed by atoms with E-state index in [2.05, 4.69) is 15.3 Å². The van der Waals surface area contributed by atoms with E-state index in [4.69, 9.17) is 4.74 Å². The second-order valence-electron chi connectivity index (χ2n) is 4.50. The lowest BCUT2D eigenvalue weighted by Gasteiger charge is -2.09. The second-order valence-corrected chi connectivity index (χ2v) is 4.50. The van der Waals surface area contributed by atoms with E-state index in [9.17, 15) is 4.39 Å². The number of hydrogen-bond acceptors (Lipinski definition) is 4. The number of rotatable bonds is 6. The van der Waals surface area contributed by atoms with Gasteiger partial charge in [0.15, 0.2) is 0 Å². The minimum Gasteiger partial charge on any atom is -0.478 e. The Labute approximate surface area is 118 Å². The summed E-state index contributed by atoms with van der Waals surface area (Å²) in [6, 6.07) is 8.23. The fourth-order valence-corrected chi connectivity index (χ4v) is 1.73. The van der Waals surface area contributed by atoms with Crippen molar-refractivity contribution in [2.24, 2.45) is 0 Å². The maximum absolute atomic E-state index is 13.1. The molecular weight excluding hydrogens is 257 g/mol. The van der Waals surface area contributed by atoms with Gasteiger partial charge >= 0.3 is 0 Å². The summed E-state index contributed by atoms with van der Waals surface area (Å²) in [4.78, 5) is 8.55. The van der Waals surface area contributed by atoms with Gasteiger partial charge in [-0.15, -0.1) is 0 Å². The van der Waals surface area contributed by atoms with Gasteiger partial charge in [0.25, 0.3) is 0 Å². The van der Waals surface area contributed by atoms with E-state index >= 15 is 0 Å². The van der Waals surface area contributed by atoms with Gasteiger partial charge in [-0.05, 0) is 31.0 Å². The number of halogens is 1. The maximum atomic E-state index is 13.1. The molecule has 0 amide bonds. The van der Waals surface area contributed by atoms with Crippen LogP contribution in [-0.2, 0) is 6.54 Å². The molecule has 4 nitrogen and oxygen atoms in total. The predicted octanol–water partition coefficient (Wildman–Crippen LogP) is 3.33. The average molecular weight is 275 g/mol. The van der Waals surface area contributed by atoms with Crippen molar-refractivity contribution in [2.45, 2.75) is 26.8 Å². The highest BCUT2D eigenvalue weighted by Gasteiger charge is 2.03. The Morgan fingerprint density at radius 2 is 2.10 bits per heavy atom. The Balaban J connectivity index is 2.03. The zero-order valence-corrected chi connectivity index (χ0v) is 11.7. The molecule has 0 atom stereocenters. The smallest absolute Gasteiger partial charge is 0.226 e. The van der Waals surface area contributed by atoms with Crippen molar-refractivity contribution < 1.29 is 9.13 Å². The maximum Gasteiger partial charge on any atom is 0.226 e. The van der Waals surface area contributed by atoms with Crippen molar-refractivity contribution in [1.29, 1.82) is 0 Å². The number of aromatic nitrogens is 2. The molecule has 0 unspecified atom stereocenters. The van der Waals surface area contributed by atoms with E-state index in [1.807, 2.05) is 19.9 Å². The minimum absolute atomic E-state index is 0.249. The SMILES string of the molecule is CCCOc1cc(C)nc(NCc2cccc(F)c2)n1. The first-order chi connectivity index (χ1) is 9.67. The van der Waals surface area contributed by atoms with E-state index in [0.29, 0.717) is 25.0 Å². The van der Waals surface area contributed by atoms with Crippen LogP contribution < -0.4 is 10.1 Å². The van der Waals surface area contributed by atoms with Crippen LogP contribution in [0, 0.1) is 12.7 Å². The van der Waals surface area contributed by atoms with Gasteiger partial charge < -0.3 is 10.1 Å². The summed E-state index contributed by atoms with van der Waals surface area (Å²) in [5.41, 5.74) is 1.67. The molecule has 0 saturated carbocycles. The fraction of sp³-hybridized carbons (Fsp3) is 0.333. The Kier molecular flexibility index (Phi) is 4.87. The summed E-state index contributed by atoms with van der Waals surface area (Å²) in [6.45, 7) is 5.01. The number of anilines is 1. The van der Waals surface area contributed by atoms with Crippen molar-refractivity contribution in [2.75, 3.05) is 11.9 Å². The molecule has 0 aliphatic carbocycles. The molecule has 106 valence electrons. The molecule has 0 saturated heterocycles. The number of aryl methyl sites for hydroxylation is 1. The molecule has 0 spiro atoms. The van der Waals surface area contributed by atoms with Crippen LogP contribution in [0.15, 0.2) is 30.3 Å². The van der Waals surface area contributed by atoms with Crippen molar-refractivity contribution in [3.05, 3.63) is 47.4 Å². The van der Waals surface area contributed by atoms with Crippen molar-refractivity contribution in [3.63, 3.8) is 0 Å². The topological polar surface area (TPSA) is 47.0 Å². The van der Waals surface area contributed by atoms with Crippen LogP contribution in [0.5, 0.6) is 5.88 Å². The number of benzene rings is 1. The molecule has 1 aromatic carbocycles. The molecule has 5 heteroatoms. The van der Waals surface area contributed by atoms with Crippen LogP contribution in [-0.4, -0.2) is 16.6 Å². The van der Waals surface area contributed by atoms with Gasteiger partial charge in [0.2, 0.25) is 11.8 Å². The first-order valence-electron chi connectivity index (χ1n) is 6.64. The van der Waals surface area contributed by atoms with Gasteiger partial charge in [-0.1, -0.05) is 19.1 Å². The van der Waals surface area contributed by atoms with Crippen LogP contribution in [0.4, 0.5) is 10.3 Å². The molecule has 0 bridgehead atoms. The Hall–Kier alpha value is -2.17. The molecule has 20 heavy (non-hydrogen) atoms. The zero-order valence-electron chi connectivity index (χ0n) is 11.7. The third-order valence-corrected chi connectivity index (χ3v) is 2.62. The van der Waals surface area contributed by atoms with E-state index < -0.39 is 0 Å². The van der Waals surface area contributed by atoms with Gasteiger partial charge in [-0.3, -0.25) is 0 Å². The summed E-state index contributed by atoms with van der Waals surface area (Å²) in [5, 5.41) is 3.08. The Morgan fingerprint density at radius 1 is 1.25 bits per heavy atom. The van der Waals surface area contributed by atoms with Gasteiger partial charge in [0.1, 0.15) is 5.82 Å². The fourth-order valence-electron chi connectivity index (χ4n) is 1.73. The van der Waals surface area contributed by atoms with Gasteiger partial charge in [-0.2, -0.15) is 4.98 Å². The molecule has 2 aromatic rings. The molecule has 1 N–H and O–H groups in total. The quantitative estimate of drug-likeness (QED) is 0.878. The number of ether oxygens (including phenoxy) is 1. The number of hydrogen-bond donors (Lipinski definition) is 1. The Bertz CT molecular complexity index is 575. The molecule has 2 rings (SSSR count). The van der Waals surface area contributed by atoms with Crippen LogP contribution >= 0.6 is 0 Å². The number of nitrogens with zero attached hydrogens (tertiary/aromatic N) is 2. The lowest BCUT2D eigenvalue weighted by Crippen LogP contribution is -2.06. The first kappa shape index (κ1) is 14.2. The highest BCUT2D eigenvalue weighted by molar-refractivity contribution is 5.32. The summed E-state index contributed by atoms with van der Waals surface area (Å²) >= 11 is 0. The van der Waals surface area contributed by atoms with Crippen LogP contribution in [0.3, 0.4) is 0 Å². The van der Waals surface area contributed by atoms with E-state index in [-0.39, 0.29) is 5.82 Å². The Morgan fingerprint density at radius 3 is 2.85 bits per heavy atom. The van der Waals surface area contributed by atoms with Crippen molar-refractivity contribution in [1.82, 2.24) is 9.97 Å². The lowest BCUT2D eigenvalue weighted by molar-refractivity contribution is 0.305.